The van der Waals surface area contributed by atoms with Gasteiger partial charge >= 0.3 is 5.97 Å². The molecule has 0 atom stereocenters. The number of anilines is 1. The molecule has 1 aliphatic heterocycles. The maximum absolute atomic E-state index is 12.7. The van der Waals surface area contributed by atoms with Crippen LogP contribution in [-0.2, 0) is 24.3 Å². The summed E-state index contributed by atoms with van der Waals surface area (Å²) >= 11 is 0. The number of esters is 1. The van der Waals surface area contributed by atoms with E-state index in [1.807, 2.05) is 12.1 Å². The topological polar surface area (TPSA) is 92.8 Å². The van der Waals surface area contributed by atoms with Gasteiger partial charge in [-0.25, -0.2) is 8.42 Å². The van der Waals surface area contributed by atoms with Crippen LogP contribution in [0.15, 0.2) is 41.3 Å². The van der Waals surface area contributed by atoms with E-state index in [4.69, 9.17) is 4.74 Å². The van der Waals surface area contributed by atoms with Crippen molar-refractivity contribution in [2.45, 2.75) is 24.8 Å². The van der Waals surface area contributed by atoms with Gasteiger partial charge in [-0.15, -0.1) is 0 Å². The summed E-state index contributed by atoms with van der Waals surface area (Å²) in [4.78, 5) is 23.7. The molecule has 132 valence electrons. The Labute approximate surface area is 145 Å². The quantitative estimate of drug-likeness (QED) is 0.812. The number of hydrogen-bond donors (Lipinski definition) is 1. The van der Waals surface area contributed by atoms with Gasteiger partial charge in [0.25, 0.3) is 15.9 Å². The van der Waals surface area contributed by atoms with Crippen molar-refractivity contribution in [2.75, 3.05) is 17.5 Å². The van der Waals surface area contributed by atoms with E-state index in [0.29, 0.717) is 11.1 Å². The zero-order valence-electron chi connectivity index (χ0n) is 13.9. The van der Waals surface area contributed by atoms with Crippen LogP contribution < -0.4 is 9.62 Å². The van der Waals surface area contributed by atoms with Crippen LogP contribution >= 0.6 is 0 Å². The fourth-order valence-corrected chi connectivity index (χ4v) is 4.46. The molecule has 8 heteroatoms. The molecule has 0 aromatic heterocycles. The Morgan fingerprint density at radius 2 is 1.84 bits per heavy atom. The molecule has 7 nitrogen and oxygen atoms in total. The van der Waals surface area contributed by atoms with Crippen LogP contribution in [0.4, 0.5) is 5.69 Å². The zero-order valence-corrected chi connectivity index (χ0v) is 14.7. The van der Waals surface area contributed by atoms with Crippen molar-refractivity contribution in [2.24, 2.45) is 0 Å². The van der Waals surface area contributed by atoms with Gasteiger partial charge in [0.1, 0.15) is 6.54 Å². The van der Waals surface area contributed by atoms with E-state index >= 15 is 0 Å². The highest BCUT2D eigenvalue weighted by atomic mass is 32.2. The summed E-state index contributed by atoms with van der Waals surface area (Å²) in [5.41, 5.74) is 0.441. The minimum Gasteiger partial charge on any atom is -0.454 e. The van der Waals surface area contributed by atoms with Gasteiger partial charge in [-0.3, -0.25) is 13.9 Å². The minimum atomic E-state index is -3.82. The summed E-state index contributed by atoms with van der Waals surface area (Å²) in [5, 5.41) is 3.97. The van der Waals surface area contributed by atoms with Crippen LogP contribution in [0, 0.1) is 0 Å². The Balaban J connectivity index is 1.79. The first-order valence-electron chi connectivity index (χ1n) is 7.80. The second-order valence-corrected chi connectivity index (χ2v) is 7.86. The highest BCUT2D eigenvalue weighted by molar-refractivity contribution is 7.93. The Hall–Kier alpha value is -2.61. The van der Waals surface area contributed by atoms with Crippen molar-refractivity contribution >= 4 is 38.4 Å². The summed E-state index contributed by atoms with van der Waals surface area (Å²) in [7, 11) is -3.82. The van der Waals surface area contributed by atoms with Crippen LogP contribution in [0.25, 0.3) is 10.8 Å². The lowest BCUT2D eigenvalue weighted by atomic mass is 10.1. The third-order valence-electron chi connectivity index (χ3n) is 3.77. The van der Waals surface area contributed by atoms with Gasteiger partial charge in [0.15, 0.2) is 6.61 Å². The fourth-order valence-electron chi connectivity index (χ4n) is 2.80. The maximum Gasteiger partial charge on any atom is 0.327 e. The average molecular weight is 362 g/mol. The van der Waals surface area contributed by atoms with E-state index in [1.54, 1.807) is 32.0 Å². The largest absolute Gasteiger partial charge is 0.454 e. The number of hydrogen-bond acceptors (Lipinski definition) is 5. The molecule has 0 fully saturated rings. The molecule has 0 aliphatic carbocycles. The molecule has 1 amide bonds. The summed E-state index contributed by atoms with van der Waals surface area (Å²) in [6.07, 6.45) is 0. The van der Waals surface area contributed by atoms with E-state index in [0.717, 1.165) is 9.69 Å². The molecular weight excluding hydrogens is 344 g/mol. The normalized spacial score (nSPS) is 14.8. The SMILES string of the molecule is CC(C)NC(=O)COC(=O)CN1c2cccc3cccc(c23)S1(=O)=O. The van der Waals surface area contributed by atoms with Crippen molar-refractivity contribution in [3.63, 3.8) is 0 Å². The Kier molecular flexibility index (Phi) is 4.38. The third kappa shape index (κ3) is 3.17. The molecule has 0 saturated carbocycles. The van der Waals surface area contributed by atoms with Crippen molar-refractivity contribution < 1.29 is 22.7 Å². The van der Waals surface area contributed by atoms with Crippen molar-refractivity contribution in [1.82, 2.24) is 5.32 Å². The molecule has 0 radical (unpaired) electrons. The fraction of sp³-hybridized carbons (Fsp3) is 0.294. The van der Waals surface area contributed by atoms with Crippen molar-refractivity contribution in [3.05, 3.63) is 36.4 Å². The zero-order chi connectivity index (χ0) is 18.2. The predicted molar refractivity (Wildman–Crippen MR) is 92.7 cm³/mol. The number of sulfonamides is 1. The van der Waals surface area contributed by atoms with Gasteiger partial charge in [0.2, 0.25) is 0 Å². The lowest BCUT2D eigenvalue weighted by molar-refractivity contribution is -0.147. The highest BCUT2D eigenvalue weighted by Gasteiger charge is 2.37. The van der Waals surface area contributed by atoms with Crippen molar-refractivity contribution in [1.29, 1.82) is 0 Å². The van der Waals surface area contributed by atoms with E-state index in [9.17, 15) is 18.0 Å². The Bertz CT molecular complexity index is 947. The second-order valence-electron chi connectivity index (χ2n) is 6.03. The van der Waals surface area contributed by atoms with Gasteiger partial charge in [-0.05, 0) is 31.4 Å². The highest BCUT2D eigenvalue weighted by Crippen LogP contribution is 2.41. The van der Waals surface area contributed by atoms with Crippen LogP contribution in [0.3, 0.4) is 0 Å². The molecular formula is C17H18N2O5S. The molecule has 2 aromatic carbocycles. The number of nitrogens with zero attached hydrogens (tertiary/aromatic N) is 1. The van der Waals surface area contributed by atoms with Crippen LogP contribution in [0.5, 0.6) is 0 Å². The van der Waals surface area contributed by atoms with Gasteiger partial charge in [-0.1, -0.05) is 24.3 Å². The summed E-state index contributed by atoms with van der Waals surface area (Å²) in [6.45, 7) is 2.65. The molecule has 0 unspecified atom stereocenters. The number of amides is 1. The first-order valence-corrected chi connectivity index (χ1v) is 9.24. The smallest absolute Gasteiger partial charge is 0.327 e. The molecule has 0 saturated heterocycles. The standard InChI is InChI=1S/C17H18N2O5S/c1-11(2)18-15(20)10-24-16(21)9-19-13-7-3-5-12-6-4-8-14(17(12)13)25(19,22)23/h3-8,11H,9-10H2,1-2H3,(H,18,20). The lowest BCUT2D eigenvalue weighted by Gasteiger charge is -2.17. The minimum absolute atomic E-state index is 0.0720. The molecule has 2 aromatic rings. The number of ether oxygens (including phenoxy) is 1. The van der Waals surface area contributed by atoms with Gasteiger partial charge in [0.05, 0.1) is 10.6 Å². The summed E-state index contributed by atoms with van der Waals surface area (Å²) < 4.78 is 31.4. The second kappa shape index (κ2) is 6.36. The summed E-state index contributed by atoms with van der Waals surface area (Å²) in [5.74, 6) is -1.22. The molecule has 1 N–H and O–H groups in total. The molecule has 1 aliphatic rings. The van der Waals surface area contributed by atoms with Gasteiger partial charge in [-0.2, -0.15) is 0 Å². The molecule has 0 spiro atoms. The van der Waals surface area contributed by atoms with E-state index in [1.165, 1.54) is 6.07 Å². The number of rotatable bonds is 5. The van der Waals surface area contributed by atoms with Gasteiger partial charge < -0.3 is 10.1 Å². The third-order valence-corrected chi connectivity index (χ3v) is 5.57. The number of nitrogens with one attached hydrogen (secondary N) is 1. The number of benzene rings is 2. The van der Waals surface area contributed by atoms with Crippen LogP contribution in [-0.4, -0.2) is 39.5 Å². The number of carbonyl (C=O) groups excluding carboxylic acids is 2. The summed E-state index contributed by atoms with van der Waals surface area (Å²) in [6, 6.07) is 10.1. The molecule has 3 rings (SSSR count). The molecule has 25 heavy (non-hydrogen) atoms. The first-order chi connectivity index (χ1) is 11.8. The number of carbonyl (C=O) groups is 2. The first kappa shape index (κ1) is 17.2. The Morgan fingerprint density at radius 1 is 1.16 bits per heavy atom. The molecule has 0 bridgehead atoms. The van der Waals surface area contributed by atoms with E-state index in [2.05, 4.69) is 5.32 Å². The van der Waals surface area contributed by atoms with Crippen molar-refractivity contribution in [3.8, 4) is 0 Å². The predicted octanol–water partition coefficient (Wildman–Crippen LogP) is 1.42. The average Bonchev–Trinajstić information content (AvgIpc) is 2.76. The molecule has 1 heterocycles. The monoisotopic (exact) mass is 362 g/mol. The maximum atomic E-state index is 12.7. The van der Waals surface area contributed by atoms with Gasteiger partial charge in [0, 0.05) is 11.4 Å². The lowest BCUT2D eigenvalue weighted by Crippen LogP contribution is -2.37. The van der Waals surface area contributed by atoms with E-state index in [-0.39, 0.29) is 10.9 Å². The van der Waals surface area contributed by atoms with Crippen LogP contribution in [0.2, 0.25) is 0 Å². The Morgan fingerprint density at radius 3 is 2.52 bits per heavy atom. The van der Waals surface area contributed by atoms with E-state index < -0.39 is 35.1 Å². The van der Waals surface area contributed by atoms with Crippen LogP contribution in [0.1, 0.15) is 13.8 Å².